The molecule has 1 aromatic carbocycles. The summed E-state index contributed by atoms with van der Waals surface area (Å²) in [5, 5.41) is 9.75. The van der Waals surface area contributed by atoms with E-state index < -0.39 is 6.09 Å². The van der Waals surface area contributed by atoms with Crippen LogP contribution >= 0.6 is 0 Å². The monoisotopic (exact) mass is 383 g/mol. The Morgan fingerprint density at radius 3 is 2.57 bits per heavy atom. The summed E-state index contributed by atoms with van der Waals surface area (Å²) in [6.45, 7) is 3.95. The summed E-state index contributed by atoms with van der Waals surface area (Å²) in [7, 11) is 0. The highest BCUT2D eigenvalue weighted by Gasteiger charge is 2.28. The Balaban J connectivity index is 1.37. The first-order valence-corrected chi connectivity index (χ1v) is 9.69. The van der Waals surface area contributed by atoms with E-state index in [9.17, 15) is 9.90 Å². The number of piperidine rings is 1. The van der Waals surface area contributed by atoms with Crippen LogP contribution in [0.15, 0.2) is 42.6 Å². The van der Waals surface area contributed by atoms with Crippen molar-refractivity contribution in [1.82, 2.24) is 14.8 Å². The average molecular weight is 383 g/mol. The molecule has 0 saturated carbocycles. The Morgan fingerprint density at radius 2 is 1.86 bits per heavy atom. The zero-order valence-electron chi connectivity index (χ0n) is 15.8. The van der Waals surface area contributed by atoms with Crippen LogP contribution in [0.25, 0.3) is 0 Å². The molecule has 2 aliphatic rings. The molecule has 2 aliphatic heterocycles. The largest absolute Gasteiger partial charge is 0.486 e. The first-order chi connectivity index (χ1) is 13.7. The maximum atomic E-state index is 11.9. The standard InChI is InChI=1S/C21H25N3O4/c25-21(26)24(15-17-12-19-20(13-22-17)28-11-10-27-19)18-6-8-23(9-7-18)14-16-4-2-1-3-5-16/h1-5,12-13,18H,6-11,14-15H2,(H,25,26). The molecular weight excluding hydrogens is 358 g/mol. The molecule has 1 amide bonds. The van der Waals surface area contributed by atoms with E-state index in [0.29, 0.717) is 30.4 Å². The van der Waals surface area contributed by atoms with Gasteiger partial charge < -0.3 is 14.6 Å². The van der Waals surface area contributed by atoms with Crippen molar-refractivity contribution in [3.05, 3.63) is 53.9 Å². The van der Waals surface area contributed by atoms with Gasteiger partial charge in [-0.1, -0.05) is 30.3 Å². The van der Waals surface area contributed by atoms with Crippen molar-refractivity contribution in [3.8, 4) is 11.5 Å². The number of rotatable bonds is 5. The minimum atomic E-state index is -0.904. The van der Waals surface area contributed by atoms with Crippen LogP contribution in [0.4, 0.5) is 4.79 Å². The third-order valence-electron chi connectivity index (χ3n) is 5.31. The van der Waals surface area contributed by atoms with Crippen LogP contribution in [0.2, 0.25) is 0 Å². The van der Waals surface area contributed by atoms with Crippen LogP contribution in [0.5, 0.6) is 11.5 Å². The van der Waals surface area contributed by atoms with Crippen molar-refractivity contribution >= 4 is 6.09 Å². The van der Waals surface area contributed by atoms with Crippen LogP contribution in [0.3, 0.4) is 0 Å². The SMILES string of the molecule is O=C(O)N(Cc1cc2c(cn1)OCCO2)C1CCN(Cc2ccccc2)CC1. The molecule has 0 radical (unpaired) electrons. The van der Waals surface area contributed by atoms with Crippen LogP contribution in [-0.4, -0.2) is 58.3 Å². The molecule has 0 unspecified atom stereocenters. The maximum absolute atomic E-state index is 11.9. The number of aromatic nitrogens is 1. The number of likely N-dealkylation sites (tertiary alicyclic amines) is 1. The molecule has 1 N–H and O–H groups in total. The van der Waals surface area contributed by atoms with E-state index in [1.54, 1.807) is 12.3 Å². The second-order valence-corrected chi connectivity index (χ2v) is 7.22. The van der Waals surface area contributed by atoms with Crippen LogP contribution in [0.1, 0.15) is 24.1 Å². The molecule has 148 valence electrons. The lowest BCUT2D eigenvalue weighted by molar-refractivity contribution is 0.0838. The van der Waals surface area contributed by atoms with Gasteiger partial charge >= 0.3 is 6.09 Å². The molecule has 1 saturated heterocycles. The third-order valence-corrected chi connectivity index (χ3v) is 5.31. The van der Waals surface area contributed by atoms with E-state index in [-0.39, 0.29) is 12.6 Å². The number of fused-ring (bicyclic) bond motifs is 1. The molecule has 0 bridgehead atoms. The summed E-state index contributed by atoms with van der Waals surface area (Å²) < 4.78 is 11.1. The zero-order chi connectivity index (χ0) is 19.3. The summed E-state index contributed by atoms with van der Waals surface area (Å²) in [4.78, 5) is 20.1. The first kappa shape index (κ1) is 18.6. The third kappa shape index (κ3) is 4.36. The van der Waals surface area contributed by atoms with Crippen molar-refractivity contribution in [2.24, 2.45) is 0 Å². The van der Waals surface area contributed by atoms with Crippen LogP contribution in [-0.2, 0) is 13.1 Å². The summed E-state index contributed by atoms with van der Waals surface area (Å²) in [6, 6.07) is 12.2. The van der Waals surface area contributed by atoms with E-state index in [4.69, 9.17) is 9.47 Å². The predicted molar refractivity (Wildman–Crippen MR) is 104 cm³/mol. The molecule has 1 aromatic heterocycles. The second-order valence-electron chi connectivity index (χ2n) is 7.22. The summed E-state index contributed by atoms with van der Waals surface area (Å²) >= 11 is 0. The summed E-state index contributed by atoms with van der Waals surface area (Å²) in [5.41, 5.74) is 1.97. The Labute approximate surface area is 164 Å². The zero-order valence-corrected chi connectivity index (χ0v) is 15.8. The fourth-order valence-electron chi connectivity index (χ4n) is 3.83. The van der Waals surface area contributed by atoms with Crippen molar-refractivity contribution in [1.29, 1.82) is 0 Å². The van der Waals surface area contributed by atoms with E-state index in [1.165, 1.54) is 10.5 Å². The normalized spacial score (nSPS) is 17.3. The average Bonchev–Trinajstić information content (AvgIpc) is 2.73. The van der Waals surface area contributed by atoms with Crippen molar-refractivity contribution in [2.45, 2.75) is 32.0 Å². The van der Waals surface area contributed by atoms with Gasteiger partial charge in [0.05, 0.1) is 18.4 Å². The van der Waals surface area contributed by atoms with Crippen molar-refractivity contribution in [3.63, 3.8) is 0 Å². The van der Waals surface area contributed by atoms with Gasteiger partial charge in [-0.25, -0.2) is 4.79 Å². The van der Waals surface area contributed by atoms with Gasteiger partial charge in [-0.3, -0.25) is 14.8 Å². The number of amides is 1. The number of benzene rings is 1. The molecule has 4 rings (SSSR count). The van der Waals surface area contributed by atoms with E-state index in [2.05, 4.69) is 34.1 Å². The highest BCUT2D eigenvalue weighted by Crippen LogP contribution is 2.30. The molecule has 1 fully saturated rings. The molecular formula is C21H25N3O4. The Bertz CT molecular complexity index is 807. The number of carboxylic acid groups (broad SMARTS) is 1. The van der Waals surface area contributed by atoms with Crippen molar-refractivity contribution in [2.75, 3.05) is 26.3 Å². The van der Waals surface area contributed by atoms with Crippen LogP contribution < -0.4 is 9.47 Å². The topological polar surface area (TPSA) is 75.1 Å². The first-order valence-electron chi connectivity index (χ1n) is 9.69. The smallest absolute Gasteiger partial charge is 0.407 e. The van der Waals surface area contributed by atoms with Gasteiger partial charge in [0.25, 0.3) is 0 Å². The van der Waals surface area contributed by atoms with E-state index >= 15 is 0 Å². The summed E-state index contributed by atoms with van der Waals surface area (Å²) in [6.07, 6.45) is 2.36. The molecule has 7 heteroatoms. The van der Waals surface area contributed by atoms with Gasteiger partial charge in [-0.2, -0.15) is 0 Å². The Kier molecular flexibility index (Phi) is 5.62. The van der Waals surface area contributed by atoms with Gasteiger partial charge in [0.2, 0.25) is 0 Å². The molecule has 2 aromatic rings. The van der Waals surface area contributed by atoms with Gasteiger partial charge in [0.15, 0.2) is 11.5 Å². The number of carbonyl (C=O) groups is 1. The minimum absolute atomic E-state index is 0.000441. The lowest BCUT2D eigenvalue weighted by Gasteiger charge is -2.37. The fraction of sp³-hybridized carbons (Fsp3) is 0.429. The van der Waals surface area contributed by atoms with Gasteiger partial charge in [-0.05, 0) is 18.4 Å². The van der Waals surface area contributed by atoms with Gasteiger partial charge in [0.1, 0.15) is 13.2 Å². The lowest BCUT2D eigenvalue weighted by Crippen LogP contribution is -2.46. The molecule has 0 aliphatic carbocycles. The Hall–Kier alpha value is -2.80. The number of hydrogen-bond donors (Lipinski definition) is 1. The number of nitrogens with zero attached hydrogens (tertiary/aromatic N) is 3. The van der Waals surface area contributed by atoms with Gasteiger partial charge in [-0.15, -0.1) is 0 Å². The summed E-state index contributed by atoms with van der Waals surface area (Å²) in [5.74, 6) is 1.25. The quantitative estimate of drug-likeness (QED) is 0.856. The minimum Gasteiger partial charge on any atom is -0.486 e. The predicted octanol–water partition coefficient (Wildman–Crippen LogP) is 3.00. The molecule has 0 spiro atoms. The number of pyridine rings is 1. The van der Waals surface area contributed by atoms with E-state index in [1.807, 2.05) is 6.07 Å². The van der Waals surface area contributed by atoms with E-state index in [0.717, 1.165) is 32.5 Å². The fourth-order valence-corrected chi connectivity index (χ4v) is 3.83. The molecule has 28 heavy (non-hydrogen) atoms. The molecule has 7 nitrogen and oxygen atoms in total. The van der Waals surface area contributed by atoms with Gasteiger partial charge in [0, 0.05) is 31.7 Å². The molecule has 0 atom stereocenters. The number of ether oxygens (including phenoxy) is 2. The van der Waals surface area contributed by atoms with Crippen molar-refractivity contribution < 1.29 is 19.4 Å². The highest BCUT2D eigenvalue weighted by molar-refractivity contribution is 5.65. The molecule has 3 heterocycles. The Morgan fingerprint density at radius 1 is 1.14 bits per heavy atom. The maximum Gasteiger partial charge on any atom is 0.407 e. The van der Waals surface area contributed by atoms with Crippen LogP contribution in [0, 0.1) is 0 Å². The second kappa shape index (κ2) is 8.48. The number of hydrogen-bond acceptors (Lipinski definition) is 5. The lowest BCUT2D eigenvalue weighted by atomic mass is 10.0. The highest BCUT2D eigenvalue weighted by atomic mass is 16.6.